The Kier molecular flexibility index (Phi) is 7.35. The predicted octanol–water partition coefficient (Wildman–Crippen LogP) is 6.24. The van der Waals surface area contributed by atoms with Crippen molar-refractivity contribution in [2.75, 3.05) is 6.54 Å². The maximum Gasteiger partial charge on any atom is 0.335 e. The highest BCUT2D eigenvalue weighted by molar-refractivity contribution is 8.18. The number of amidine groups is 1. The smallest absolute Gasteiger partial charge is 0.335 e. The number of nitrogens with zero attached hydrogens (tertiary/aromatic N) is 2. The van der Waals surface area contributed by atoms with Gasteiger partial charge in [-0.2, -0.15) is 0 Å². The molecule has 172 valence electrons. The molecule has 0 saturated carbocycles. The maximum absolute atomic E-state index is 13.0. The van der Waals surface area contributed by atoms with Crippen LogP contribution in [0.15, 0.2) is 82.7 Å². The van der Waals surface area contributed by atoms with E-state index >= 15 is 0 Å². The van der Waals surface area contributed by atoms with E-state index in [0.29, 0.717) is 39.7 Å². The lowest BCUT2D eigenvalue weighted by atomic mass is 10.1. The number of thioether (sulfide) groups is 1. The Hall–Kier alpha value is -3.55. The number of carboxylic acids is 1. The average molecular weight is 493 g/mol. The fourth-order valence-corrected chi connectivity index (χ4v) is 4.45. The summed E-state index contributed by atoms with van der Waals surface area (Å²) >= 11 is 7.23. The fourth-order valence-electron chi connectivity index (χ4n) is 3.27. The highest BCUT2D eigenvalue weighted by Crippen LogP contribution is 2.35. The predicted molar refractivity (Wildman–Crippen MR) is 136 cm³/mol. The van der Waals surface area contributed by atoms with E-state index in [1.807, 2.05) is 61.5 Å². The monoisotopic (exact) mass is 492 g/mol. The molecule has 4 rings (SSSR count). The number of rotatable bonds is 7. The SMILES string of the molecule is CCN1C(=O)C(=Cc2ccccc2OCc2ccc(Cl)cc2)SC1=Nc1ccc(C(=O)O)cc1. The van der Waals surface area contributed by atoms with Crippen LogP contribution in [-0.2, 0) is 11.4 Å². The number of hydrogen-bond donors (Lipinski definition) is 1. The summed E-state index contributed by atoms with van der Waals surface area (Å²) in [6.07, 6.45) is 1.81. The number of halogens is 1. The molecule has 1 aliphatic rings. The minimum absolute atomic E-state index is 0.138. The van der Waals surface area contributed by atoms with Gasteiger partial charge in [-0.3, -0.25) is 9.69 Å². The van der Waals surface area contributed by atoms with Crippen molar-refractivity contribution in [3.63, 3.8) is 0 Å². The van der Waals surface area contributed by atoms with Crippen LogP contribution in [0.2, 0.25) is 5.02 Å². The van der Waals surface area contributed by atoms with E-state index in [1.54, 1.807) is 17.0 Å². The second kappa shape index (κ2) is 10.6. The third-order valence-electron chi connectivity index (χ3n) is 5.06. The summed E-state index contributed by atoms with van der Waals surface area (Å²) in [4.78, 5) is 30.8. The van der Waals surface area contributed by atoms with Gasteiger partial charge in [0.15, 0.2) is 5.17 Å². The maximum atomic E-state index is 13.0. The summed E-state index contributed by atoms with van der Waals surface area (Å²) < 4.78 is 6.01. The van der Waals surface area contributed by atoms with E-state index < -0.39 is 5.97 Å². The summed E-state index contributed by atoms with van der Waals surface area (Å²) in [5.41, 5.74) is 2.53. The van der Waals surface area contributed by atoms with Crippen LogP contribution in [0.3, 0.4) is 0 Å². The zero-order valence-electron chi connectivity index (χ0n) is 18.3. The van der Waals surface area contributed by atoms with Crippen LogP contribution in [0.5, 0.6) is 5.75 Å². The molecule has 1 aliphatic heterocycles. The van der Waals surface area contributed by atoms with Crippen LogP contribution < -0.4 is 4.74 Å². The number of carbonyl (C=O) groups excluding carboxylic acids is 1. The average Bonchev–Trinajstić information content (AvgIpc) is 3.13. The number of aromatic carboxylic acids is 1. The molecule has 0 radical (unpaired) electrons. The molecule has 34 heavy (non-hydrogen) atoms. The fraction of sp³-hybridized carbons (Fsp3) is 0.115. The van der Waals surface area contributed by atoms with E-state index in [4.69, 9.17) is 21.4 Å². The lowest BCUT2D eigenvalue weighted by Crippen LogP contribution is -2.28. The minimum Gasteiger partial charge on any atom is -0.488 e. The van der Waals surface area contributed by atoms with Crippen LogP contribution in [-0.4, -0.2) is 33.6 Å². The Morgan fingerprint density at radius 1 is 1.09 bits per heavy atom. The Bertz CT molecular complexity index is 1270. The summed E-state index contributed by atoms with van der Waals surface area (Å²) in [5.74, 6) is -0.473. The topological polar surface area (TPSA) is 79.2 Å². The van der Waals surface area contributed by atoms with Crippen LogP contribution in [0, 0.1) is 0 Å². The Morgan fingerprint density at radius 3 is 2.47 bits per heavy atom. The highest BCUT2D eigenvalue weighted by Gasteiger charge is 2.32. The van der Waals surface area contributed by atoms with E-state index in [2.05, 4.69) is 4.99 Å². The third-order valence-corrected chi connectivity index (χ3v) is 6.32. The first-order valence-corrected chi connectivity index (χ1v) is 11.7. The van der Waals surface area contributed by atoms with Crippen molar-refractivity contribution >= 4 is 52.2 Å². The standard InChI is InChI=1S/C26H21ClN2O4S/c1-2-29-24(30)23(34-26(29)28-21-13-9-18(10-14-21)25(31)32)15-19-5-3-4-6-22(19)33-16-17-7-11-20(27)12-8-17/h3-15H,2,16H2,1H3,(H,31,32). The van der Waals surface area contributed by atoms with Gasteiger partial charge >= 0.3 is 5.97 Å². The molecule has 1 heterocycles. The molecule has 1 saturated heterocycles. The van der Waals surface area contributed by atoms with Gasteiger partial charge in [0.1, 0.15) is 12.4 Å². The summed E-state index contributed by atoms with van der Waals surface area (Å²) in [7, 11) is 0. The highest BCUT2D eigenvalue weighted by atomic mass is 35.5. The van der Waals surface area contributed by atoms with Gasteiger partial charge in [0.05, 0.1) is 16.2 Å². The Morgan fingerprint density at radius 2 is 1.79 bits per heavy atom. The van der Waals surface area contributed by atoms with Crippen LogP contribution >= 0.6 is 23.4 Å². The van der Waals surface area contributed by atoms with Crippen molar-refractivity contribution in [3.05, 3.63) is 99.4 Å². The number of likely N-dealkylation sites (N-methyl/N-ethyl adjacent to an activating group) is 1. The van der Waals surface area contributed by atoms with Crippen molar-refractivity contribution in [2.45, 2.75) is 13.5 Å². The van der Waals surface area contributed by atoms with Gasteiger partial charge < -0.3 is 9.84 Å². The first kappa shape index (κ1) is 23.6. The summed E-state index contributed by atoms with van der Waals surface area (Å²) in [5, 5.41) is 10.3. The number of carbonyl (C=O) groups is 2. The molecule has 0 unspecified atom stereocenters. The lowest BCUT2D eigenvalue weighted by molar-refractivity contribution is -0.122. The number of amides is 1. The van der Waals surface area contributed by atoms with E-state index in [9.17, 15) is 9.59 Å². The molecule has 3 aromatic carbocycles. The van der Waals surface area contributed by atoms with Crippen LogP contribution in [0.1, 0.15) is 28.4 Å². The Labute approximate surface area is 206 Å². The number of para-hydroxylation sites is 1. The summed E-state index contributed by atoms with van der Waals surface area (Å²) in [6, 6.07) is 21.2. The quantitative estimate of drug-likeness (QED) is 0.395. The first-order chi connectivity index (χ1) is 16.4. The molecule has 0 atom stereocenters. The van der Waals surface area contributed by atoms with Crippen molar-refractivity contribution in [3.8, 4) is 5.75 Å². The van der Waals surface area contributed by atoms with Crippen molar-refractivity contribution < 1.29 is 19.4 Å². The molecule has 3 aromatic rings. The zero-order valence-corrected chi connectivity index (χ0v) is 19.8. The van der Waals surface area contributed by atoms with Gasteiger partial charge in [0, 0.05) is 17.1 Å². The zero-order chi connectivity index (χ0) is 24.1. The number of carboxylic acid groups (broad SMARTS) is 1. The third kappa shape index (κ3) is 5.50. The minimum atomic E-state index is -0.998. The molecular weight excluding hydrogens is 472 g/mol. The number of benzene rings is 3. The van der Waals surface area contributed by atoms with Gasteiger partial charge in [-0.05, 0) is 72.8 Å². The molecule has 1 amide bonds. The first-order valence-electron chi connectivity index (χ1n) is 10.5. The van der Waals surface area contributed by atoms with Gasteiger partial charge in [0.2, 0.25) is 0 Å². The number of hydrogen-bond acceptors (Lipinski definition) is 5. The van der Waals surface area contributed by atoms with Gasteiger partial charge in [-0.15, -0.1) is 0 Å². The normalized spacial score (nSPS) is 15.8. The number of aliphatic imine (C=N–C) groups is 1. The second-order valence-electron chi connectivity index (χ2n) is 7.36. The van der Waals surface area contributed by atoms with Crippen LogP contribution in [0.25, 0.3) is 6.08 Å². The molecule has 0 bridgehead atoms. The molecule has 1 fully saturated rings. The van der Waals surface area contributed by atoms with Gasteiger partial charge in [-0.1, -0.05) is 41.9 Å². The van der Waals surface area contributed by atoms with Gasteiger partial charge in [-0.25, -0.2) is 9.79 Å². The second-order valence-corrected chi connectivity index (χ2v) is 8.80. The van der Waals surface area contributed by atoms with Crippen molar-refractivity contribution in [1.82, 2.24) is 4.90 Å². The molecular formula is C26H21ClN2O4S. The van der Waals surface area contributed by atoms with Crippen molar-refractivity contribution in [1.29, 1.82) is 0 Å². The molecule has 6 nitrogen and oxygen atoms in total. The molecule has 0 spiro atoms. The molecule has 0 aromatic heterocycles. The Balaban J connectivity index is 1.56. The van der Waals surface area contributed by atoms with Crippen molar-refractivity contribution in [2.24, 2.45) is 4.99 Å². The molecule has 1 N–H and O–H groups in total. The van der Waals surface area contributed by atoms with Crippen LogP contribution in [0.4, 0.5) is 5.69 Å². The lowest BCUT2D eigenvalue weighted by Gasteiger charge is -2.12. The molecule has 8 heteroatoms. The van der Waals surface area contributed by atoms with E-state index in [0.717, 1.165) is 11.1 Å². The summed E-state index contributed by atoms with van der Waals surface area (Å²) in [6.45, 7) is 2.72. The van der Waals surface area contributed by atoms with E-state index in [-0.39, 0.29) is 11.5 Å². The molecule has 0 aliphatic carbocycles. The van der Waals surface area contributed by atoms with Gasteiger partial charge in [0.25, 0.3) is 5.91 Å². The largest absolute Gasteiger partial charge is 0.488 e. The van der Waals surface area contributed by atoms with E-state index in [1.165, 1.54) is 23.9 Å². The number of ether oxygens (including phenoxy) is 1.